The molecule has 0 radical (unpaired) electrons. The summed E-state index contributed by atoms with van der Waals surface area (Å²) in [5.41, 5.74) is 21.6. The highest BCUT2D eigenvalue weighted by atomic mass is 15.3. The van der Waals surface area contributed by atoms with Crippen LogP contribution in [-0.2, 0) is 12.0 Å². The largest absolute Gasteiger partial charge is 0.321 e. The molecule has 6 aromatic rings. The molecule has 0 bridgehead atoms. The molecule has 0 spiro atoms. The van der Waals surface area contributed by atoms with E-state index in [2.05, 4.69) is 181 Å². The van der Waals surface area contributed by atoms with E-state index < -0.39 is 5.41 Å². The summed E-state index contributed by atoms with van der Waals surface area (Å²) in [5, 5.41) is 0. The van der Waals surface area contributed by atoms with Crippen LogP contribution in [0.2, 0.25) is 0 Å². The average molecular weight is 593 g/mol. The Morgan fingerprint density at radius 3 is 1.87 bits per heavy atom. The maximum absolute atomic E-state index is 3.61. The van der Waals surface area contributed by atoms with Gasteiger partial charge < -0.3 is 5.43 Å². The fourth-order valence-electron chi connectivity index (χ4n) is 7.36. The molecule has 0 aromatic heterocycles. The van der Waals surface area contributed by atoms with Gasteiger partial charge in [0.2, 0.25) is 0 Å². The molecule has 2 aliphatic rings. The first kappa shape index (κ1) is 28.1. The summed E-state index contributed by atoms with van der Waals surface area (Å²) in [7, 11) is 0. The second kappa shape index (κ2) is 12.2. The summed E-state index contributed by atoms with van der Waals surface area (Å²) < 4.78 is 0. The summed E-state index contributed by atoms with van der Waals surface area (Å²) in [6.45, 7) is 0.720. The smallest absolute Gasteiger partial charge is 0.0713 e. The lowest BCUT2D eigenvalue weighted by Gasteiger charge is -2.34. The van der Waals surface area contributed by atoms with Crippen LogP contribution in [0.3, 0.4) is 0 Å². The molecular formula is C44H36N2. The van der Waals surface area contributed by atoms with Gasteiger partial charge in [-0.05, 0) is 80.6 Å². The maximum atomic E-state index is 3.61. The maximum Gasteiger partial charge on any atom is 0.0713 e. The van der Waals surface area contributed by atoms with Crippen LogP contribution < -0.4 is 10.9 Å². The SMILES string of the molecule is C1=CC(c2ccc(-c3ccc4c(c3)C(c3ccccc3)(c3ccccc3)c3ccccc3-4)c(NNCc3ccccc3)c2)=CCC1. The normalized spacial score (nSPS) is 14.3. The molecule has 2 aliphatic carbocycles. The molecule has 0 atom stereocenters. The van der Waals surface area contributed by atoms with Crippen LogP contribution in [0.4, 0.5) is 5.69 Å². The summed E-state index contributed by atoms with van der Waals surface area (Å²) >= 11 is 0. The highest BCUT2D eigenvalue weighted by molar-refractivity contribution is 5.90. The number of fused-ring (bicyclic) bond motifs is 3. The van der Waals surface area contributed by atoms with Crippen molar-refractivity contribution in [2.75, 3.05) is 5.43 Å². The third-order valence-electron chi connectivity index (χ3n) is 9.48. The van der Waals surface area contributed by atoms with Crippen molar-refractivity contribution in [2.24, 2.45) is 0 Å². The predicted molar refractivity (Wildman–Crippen MR) is 192 cm³/mol. The Kier molecular flexibility index (Phi) is 7.42. The molecule has 0 fully saturated rings. The van der Waals surface area contributed by atoms with Crippen LogP contribution in [0.15, 0.2) is 170 Å². The van der Waals surface area contributed by atoms with E-state index in [1.54, 1.807) is 0 Å². The van der Waals surface area contributed by atoms with E-state index >= 15 is 0 Å². The van der Waals surface area contributed by atoms with Gasteiger partial charge in [-0.15, -0.1) is 0 Å². The summed E-state index contributed by atoms with van der Waals surface area (Å²) in [6.07, 6.45) is 9.05. The average Bonchev–Trinajstić information content (AvgIpc) is 3.43. The number of benzene rings is 6. The van der Waals surface area contributed by atoms with Gasteiger partial charge in [-0.25, -0.2) is 5.43 Å². The van der Waals surface area contributed by atoms with Gasteiger partial charge in [0, 0.05) is 12.1 Å². The van der Waals surface area contributed by atoms with Crippen LogP contribution in [-0.4, -0.2) is 0 Å². The van der Waals surface area contributed by atoms with E-state index in [1.165, 1.54) is 61.2 Å². The lowest BCUT2D eigenvalue weighted by atomic mass is 9.67. The topological polar surface area (TPSA) is 24.1 Å². The standard InChI is InChI=1S/C44H36N2/c1-5-15-32(16-6-1)31-45-46-43-30-34(33-17-7-2-8-18-33)25-27-38(43)35-26-28-40-39-23-13-14-24-41(39)44(42(40)29-35,36-19-9-3-10-20-36)37-21-11-4-12-22-37/h1,3-7,9-30,45-46H,2,8,31H2. The predicted octanol–water partition coefficient (Wildman–Crippen LogP) is 10.6. The molecule has 8 rings (SSSR count). The minimum atomic E-state index is -0.429. The number of nitrogens with one attached hydrogen (secondary N) is 2. The van der Waals surface area contributed by atoms with Gasteiger partial charge in [0.1, 0.15) is 0 Å². The lowest BCUT2D eigenvalue weighted by Crippen LogP contribution is -2.28. The molecule has 0 saturated heterocycles. The van der Waals surface area contributed by atoms with Gasteiger partial charge in [-0.3, -0.25) is 0 Å². The molecule has 2 N–H and O–H groups in total. The van der Waals surface area contributed by atoms with Gasteiger partial charge in [0.05, 0.1) is 11.1 Å². The molecule has 46 heavy (non-hydrogen) atoms. The Labute approximate surface area is 271 Å². The molecule has 2 heteroatoms. The Balaban J connectivity index is 1.29. The number of hydrogen-bond acceptors (Lipinski definition) is 2. The molecule has 2 nitrogen and oxygen atoms in total. The fraction of sp³-hybridized carbons (Fsp3) is 0.0909. The van der Waals surface area contributed by atoms with E-state index in [9.17, 15) is 0 Å². The number of rotatable bonds is 8. The third-order valence-corrected chi connectivity index (χ3v) is 9.48. The van der Waals surface area contributed by atoms with Crippen LogP contribution >= 0.6 is 0 Å². The minimum Gasteiger partial charge on any atom is -0.321 e. The van der Waals surface area contributed by atoms with Gasteiger partial charge in [0.25, 0.3) is 0 Å². The van der Waals surface area contributed by atoms with E-state index in [0.29, 0.717) is 0 Å². The van der Waals surface area contributed by atoms with Crippen molar-refractivity contribution in [3.8, 4) is 22.3 Å². The molecule has 0 unspecified atom stereocenters. The zero-order chi connectivity index (χ0) is 30.8. The molecule has 0 aliphatic heterocycles. The zero-order valence-corrected chi connectivity index (χ0v) is 25.8. The Morgan fingerprint density at radius 2 is 1.15 bits per heavy atom. The van der Waals surface area contributed by atoms with Crippen LogP contribution in [0.1, 0.15) is 46.2 Å². The third kappa shape index (κ3) is 4.88. The number of hydrazine groups is 1. The van der Waals surface area contributed by atoms with Gasteiger partial charge >= 0.3 is 0 Å². The first-order valence-corrected chi connectivity index (χ1v) is 16.2. The first-order valence-electron chi connectivity index (χ1n) is 16.2. The van der Waals surface area contributed by atoms with Crippen LogP contribution in [0.5, 0.6) is 0 Å². The van der Waals surface area contributed by atoms with Crippen LogP contribution in [0, 0.1) is 0 Å². The molecular weight excluding hydrogens is 556 g/mol. The molecule has 6 aromatic carbocycles. The van der Waals surface area contributed by atoms with E-state index in [-0.39, 0.29) is 0 Å². The van der Waals surface area contributed by atoms with Crippen molar-refractivity contribution in [1.82, 2.24) is 5.43 Å². The van der Waals surface area contributed by atoms with Crippen molar-refractivity contribution in [1.29, 1.82) is 0 Å². The lowest BCUT2D eigenvalue weighted by molar-refractivity contribution is 0.768. The van der Waals surface area contributed by atoms with Crippen LogP contribution in [0.25, 0.3) is 27.8 Å². The number of allylic oxidation sites excluding steroid dienone is 4. The quantitative estimate of drug-likeness (QED) is 0.172. The molecule has 222 valence electrons. The van der Waals surface area contributed by atoms with Gasteiger partial charge in [-0.1, -0.05) is 158 Å². The van der Waals surface area contributed by atoms with Gasteiger partial charge in [0.15, 0.2) is 0 Å². The highest BCUT2D eigenvalue weighted by Crippen LogP contribution is 2.56. The van der Waals surface area contributed by atoms with Crippen molar-refractivity contribution >= 4 is 11.3 Å². The monoisotopic (exact) mass is 592 g/mol. The second-order valence-corrected chi connectivity index (χ2v) is 12.2. The molecule has 0 heterocycles. The fourth-order valence-corrected chi connectivity index (χ4v) is 7.36. The summed E-state index contributed by atoms with van der Waals surface area (Å²) in [6, 6.07) is 55.4. The Hall–Kier alpha value is -5.44. The van der Waals surface area contributed by atoms with E-state index in [0.717, 1.165) is 25.1 Å². The van der Waals surface area contributed by atoms with E-state index in [1.807, 2.05) is 0 Å². The zero-order valence-electron chi connectivity index (χ0n) is 25.8. The van der Waals surface area contributed by atoms with E-state index in [4.69, 9.17) is 0 Å². The van der Waals surface area contributed by atoms with Gasteiger partial charge in [-0.2, -0.15) is 0 Å². The Morgan fingerprint density at radius 1 is 0.522 bits per heavy atom. The first-order chi connectivity index (χ1) is 22.8. The number of hydrogen-bond donors (Lipinski definition) is 2. The van der Waals surface area contributed by atoms with Crippen molar-refractivity contribution < 1.29 is 0 Å². The minimum absolute atomic E-state index is 0.429. The highest BCUT2D eigenvalue weighted by Gasteiger charge is 2.46. The molecule has 0 saturated carbocycles. The number of anilines is 1. The summed E-state index contributed by atoms with van der Waals surface area (Å²) in [4.78, 5) is 0. The Bertz CT molecular complexity index is 2020. The van der Waals surface area contributed by atoms with Crippen molar-refractivity contribution in [3.63, 3.8) is 0 Å². The second-order valence-electron chi connectivity index (χ2n) is 12.2. The summed E-state index contributed by atoms with van der Waals surface area (Å²) in [5.74, 6) is 0. The van der Waals surface area contributed by atoms with Crippen molar-refractivity contribution in [2.45, 2.75) is 24.8 Å². The molecule has 0 amide bonds. The van der Waals surface area contributed by atoms with Crippen molar-refractivity contribution in [3.05, 3.63) is 203 Å².